The number of rotatable bonds is 6. The molecule has 0 aromatic carbocycles. The number of aliphatic hydroxyl groups is 7. The SMILES string of the molecule is NC1CC(N)[C@@H](O[C@@H]2C=C(O)[C@H](O)C(CO)O2)C(O[C@@H]2O[C@H](CO)C(O)[C@@H]2O)[C@@H]1O. The molecule has 30 heavy (non-hydrogen) atoms. The highest BCUT2D eigenvalue weighted by Crippen LogP contribution is 2.31. The predicted molar refractivity (Wildman–Crippen MR) is 96.5 cm³/mol. The van der Waals surface area contributed by atoms with Crippen LogP contribution in [0.4, 0.5) is 0 Å². The summed E-state index contributed by atoms with van der Waals surface area (Å²) in [4.78, 5) is 0. The first-order valence-electron chi connectivity index (χ1n) is 9.65. The molecule has 13 heteroatoms. The van der Waals surface area contributed by atoms with Crippen molar-refractivity contribution in [1.29, 1.82) is 0 Å². The van der Waals surface area contributed by atoms with Crippen LogP contribution in [0.3, 0.4) is 0 Å². The summed E-state index contributed by atoms with van der Waals surface area (Å²) in [5.74, 6) is -0.465. The number of hydrogen-bond acceptors (Lipinski definition) is 13. The van der Waals surface area contributed by atoms with Crippen LogP contribution in [0.2, 0.25) is 0 Å². The van der Waals surface area contributed by atoms with E-state index < -0.39 is 92.5 Å². The predicted octanol–water partition coefficient (Wildman–Crippen LogP) is -4.86. The van der Waals surface area contributed by atoms with Gasteiger partial charge in [0.1, 0.15) is 48.5 Å². The Morgan fingerprint density at radius 1 is 0.867 bits per heavy atom. The summed E-state index contributed by atoms with van der Waals surface area (Å²) in [7, 11) is 0. The molecule has 3 rings (SSSR count). The Bertz CT molecular complexity index is 610. The summed E-state index contributed by atoms with van der Waals surface area (Å²) in [5.41, 5.74) is 12.1. The third-order valence-corrected chi connectivity index (χ3v) is 5.60. The first-order chi connectivity index (χ1) is 14.2. The molecule has 1 saturated heterocycles. The Kier molecular flexibility index (Phi) is 7.66. The molecule has 0 spiro atoms. The zero-order chi connectivity index (χ0) is 22.2. The van der Waals surface area contributed by atoms with Crippen LogP contribution in [0.1, 0.15) is 6.42 Å². The van der Waals surface area contributed by atoms with E-state index in [1.807, 2.05) is 0 Å². The van der Waals surface area contributed by atoms with E-state index in [0.29, 0.717) is 0 Å². The quantitative estimate of drug-likeness (QED) is 0.190. The van der Waals surface area contributed by atoms with Gasteiger partial charge in [0.2, 0.25) is 0 Å². The molecule has 0 amide bonds. The highest BCUT2D eigenvalue weighted by atomic mass is 16.7. The lowest BCUT2D eigenvalue weighted by molar-refractivity contribution is -0.277. The van der Waals surface area contributed by atoms with E-state index in [1.165, 1.54) is 0 Å². The van der Waals surface area contributed by atoms with Crippen molar-refractivity contribution in [1.82, 2.24) is 0 Å². The first-order valence-corrected chi connectivity index (χ1v) is 9.65. The molecule has 2 heterocycles. The van der Waals surface area contributed by atoms with Gasteiger partial charge in [-0.1, -0.05) is 0 Å². The average molecular weight is 438 g/mol. The summed E-state index contributed by atoms with van der Waals surface area (Å²) < 4.78 is 22.1. The Morgan fingerprint density at radius 3 is 2.13 bits per heavy atom. The summed E-state index contributed by atoms with van der Waals surface area (Å²) in [5, 5.41) is 68.8. The van der Waals surface area contributed by atoms with Crippen molar-refractivity contribution >= 4 is 0 Å². The van der Waals surface area contributed by atoms with Crippen LogP contribution in [-0.4, -0.2) is 122 Å². The summed E-state index contributed by atoms with van der Waals surface area (Å²) >= 11 is 0. The minimum absolute atomic E-state index is 0.149. The maximum atomic E-state index is 10.6. The van der Waals surface area contributed by atoms with Gasteiger partial charge in [-0.25, -0.2) is 0 Å². The molecule has 2 fully saturated rings. The van der Waals surface area contributed by atoms with Crippen molar-refractivity contribution in [3.63, 3.8) is 0 Å². The van der Waals surface area contributed by atoms with Crippen LogP contribution in [0, 0.1) is 0 Å². The first kappa shape index (κ1) is 23.7. The van der Waals surface area contributed by atoms with Gasteiger partial charge < -0.3 is 66.2 Å². The monoisotopic (exact) mass is 438 g/mol. The van der Waals surface area contributed by atoms with Crippen molar-refractivity contribution < 1.29 is 54.7 Å². The second kappa shape index (κ2) is 9.68. The fourth-order valence-corrected chi connectivity index (χ4v) is 3.82. The van der Waals surface area contributed by atoms with E-state index in [2.05, 4.69) is 0 Å². The molecule has 12 atom stereocenters. The van der Waals surface area contributed by atoms with Crippen LogP contribution >= 0.6 is 0 Å². The molecule has 1 saturated carbocycles. The van der Waals surface area contributed by atoms with E-state index >= 15 is 0 Å². The number of hydrogen-bond donors (Lipinski definition) is 9. The second-order valence-electron chi connectivity index (χ2n) is 7.72. The molecule has 5 unspecified atom stereocenters. The van der Waals surface area contributed by atoms with E-state index in [0.717, 1.165) is 6.08 Å². The number of nitrogens with two attached hydrogens (primary N) is 2. The van der Waals surface area contributed by atoms with Gasteiger partial charge >= 0.3 is 0 Å². The van der Waals surface area contributed by atoms with E-state index in [1.54, 1.807) is 0 Å². The Morgan fingerprint density at radius 2 is 1.53 bits per heavy atom. The van der Waals surface area contributed by atoms with Gasteiger partial charge in [0.15, 0.2) is 12.6 Å². The number of aliphatic hydroxyl groups excluding tert-OH is 7. The second-order valence-corrected chi connectivity index (χ2v) is 7.72. The minimum Gasteiger partial charge on any atom is -0.510 e. The molecule has 0 bridgehead atoms. The highest BCUT2D eigenvalue weighted by molar-refractivity contribution is 5.08. The zero-order valence-corrected chi connectivity index (χ0v) is 16.0. The van der Waals surface area contributed by atoms with Gasteiger partial charge in [-0.05, 0) is 6.42 Å². The maximum absolute atomic E-state index is 10.6. The zero-order valence-electron chi connectivity index (χ0n) is 16.0. The summed E-state index contributed by atoms with van der Waals surface area (Å²) in [6.45, 7) is -1.15. The lowest BCUT2D eigenvalue weighted by atomic mass is 9.84. The van der Waals surface area contributed by atoms with Crippen molar-refractivity contribution in [2.24, 2.45) is 11.5 Å². The van der Waals surface area contributed by atoms with Crippen molar-refractivity contribution in [3.05, 3.63) is 11.8 Å². The van der Waals surface area contributed by atoms with Gasteiger partial charge in [-0.15, -0.1) is 0 Å². The lowest BCUT2D eigenvalue weighted by Gasteiger charge is -2.44. The molecule has 13 nitrogen and oxygen atoms in total. The van der Waals surface area contributed by atoms with Crippen LogP contribution in [0.5, 0.6) is 0 Å². The highest BCUT2D eigenvalue weighted by Gasteiger charge is 2.50. The molecule has 174 valence electrons. The Balaban J connectivity index is 1.77. The van der Waals surface area contributed by atoms with Crippen LogP contribution < -0.4 is 11.5 Å². The fraction of sp³-hybridized carbons (Fsp3) is 0.882. The molecule has 11 N–H and O–H groups in total. The van der Waals surface area contributed by atoms with Crippen molar-refractivity contribution in [3.8, 4) is 0 Å². The molecule has 2 aliphatic heterocycles. The Hall–Kier alpha value is -0.940. The van der Waals surface area contributed by atoms with E-state index in [4.69, 9.17) is 30.4 Å². The molecule has 3 aliphatic rings. The molecule has 0 aromatic rings. The smallest absolute Gasteiger partial charge is 0.187 e. The van der Waals surface area contributed by atoms with Gasteiger partial charge in [-0.3, -0.25) is 0 Å². The molecular formula is C17H30N2O11. The van der Waals surface area contributed by atoms with Gasteiger partial charge in [0.25, 0.3) is 0 Å². The third-order valence-electron chi connectivity index (χ3n) is 5.60. The van der Waals surface area contributed by atoms with E-state index in [-0.39, 0.29) is 6.42 Å². The van der Waals surface area contributed by atoms with Crippen molar-refractivity contribution in [2.75, 3.05) is 13.2 Å². The van der Waals surface area contributed by atoms with E-state index in [9.17, 15) is 35.7 Å². The molecular weight excluding hydrogens is 408 g/mol. The van der Waals surface area contributed by atoms with Crippen molar-refractivity contribution in [2.45, 2.75) is 79.9 Å². The van der Waals surface area contributed by atoms with Crippen LogP contribution in [-0.2, 0) is 18.9 Å². The Labute approximate surface area is 172 Å². The number of ether oxygens (including phenoxy) is 4. The summed E-state index contributed by atoms with van der Waals surface area (Å²) in [6, 6.07) is -1.55. The van der Waals surface area contributed by atoms with Gasteiger partial charge in [-0.2, -0.15) is 0 Å². The van der Waals surface area contributed by atoms with Crippen LogP contribution in [0.25, 0.3) is 0 Å². The van der Waals surface area contributed by atoms with Gasteiger partial charge in [0, 0.05) is 18.2 Å². The molecule has 0 aromatic heterocycles. The largest absolute Gasteiger partial charge is 0.510 e. The average Bonchev–Trinajstić information content (AvgIpc) is 2.98. The topological polar surface area (TPSA) is 231 Å². The fourth-order valence-electron chi connectivity index (χ4n) is 3.82. The standard InChI is InChI=1S/C17H30N2O11/c18-5-1-6(19)15(29-10-2-7(22)12(24)8(3-20)27-10)16(11(5)23)30-17-14(26)13(25)9(4-21)28-17/h2,5-6,8-17,20-26H,1,3-4,18-19H2/t5?,6?,8?,9-,10-,11-,12+,13?,14+,15-,16?,17+/m1/s1. The normalized spacial score (nSPS) is 49.8. The molecule has 1 aliphatic carbocycles. The molecule has 0 radical (unpaired) electrons. The maximum Gasteiger partial charge on any atom is 0.187 e. The lowest BCUT2D eigenvalue weighted by Crippen LogP contribution is -2.64. The summed E-state index contributed by atoms with van der Waals surface area (Å²) in [6.07, 6.45) is -11.6. The van der Waals surface area contributed by atoms with Crippen LogP contribution in [0.15, 0.2) is 11.8 Å². The van der Waals surface area contributed by atoms with Gasteiger partial charge in [0.05, 0.1) is 19.3 Å². The third kappa shape index (κ3) is 4.62. The minimum atomic E-state index is -1.51.